The van der Waals surface area contributed by atoms with Gasteiger partial charge in [0.05, 0.1) is 26.5 Å². The van der Waals surface area contributed by atoms with E-state index in [2.05, 4.69) is 5.32 Å². The van der Waals surface area contributed by atoms with Gasteiger partial charge in [0, 0.05) is 12.6 Å². The van der Waals surface area contributed by atoms with Crippen molar-refractivity contribution < 1.29 is 32.2 Å². The van der Waals surface area contributed by atoms with Gasteiger partial charge in [0.1, 0.15) is 17.2 Å². The highest BCUT2D eigenvalue weighted by Crippen LogP contribution is 2.29. The zero-order valence-electron chi connectivity index (χ0n) is 18.2. The smallest absolute Gasteiger partial charge is 0.422 e. The molecule has 0 saturated heterocycles. The van der Waals surface area contributed by atoms with Crippen LogP contribution in [0.4, 0.5) is 18.9 Å². The van der Waals surface area contributed by atoms with Crippen LogP contribution < -0.4 is 19.5 Å². The van der Waals surface area contributed by atoms with Gasteiger partial charge >= 0.3 is 6.18 Å². The van der Waals surface area contributed by atoms with E-state index in [4.69, 9.17) is 14.2 Å². The minimum absolute atomic E-state index is 0.102. The second-order valence-corrected chi connectivity index (χ2v) is 7.25. The van der Waals surface area contributed by atoms with Crippen LogP contribution in [0.25, 0.3) is 0 Å². The van der Waals surface area contributed by atoms with Crippen molar-refractivity contribution in [2.45, 2.75) is 26.6 Å². The quantitative estimate of drug-likeness (QED) is 0.629. The predicted molar refractivity (Wildman–Crippen MR) is 112 cm³/mol. The molecule has 2 aromatic carbocycles. The Morgan fingerprint density at radius 2 is 1.71 bits per heavy atom. The molecule has 6 nitrogen and oxygen atoms in total. The third-order valence-electron chi connectivity index (χ3n) is 4.45. The highest BCUT2D eigenvalue weighted by Gasteiger charge is 2.29. The van der Waals surface area contributed by atoms with Crippen LogP contribution in [0.3, 0.4) is 0 Å². The van der Waals surface area contributed by atoms with E-state index in [-0.39, 0.29) is 18.2 Å². The van der Waals surface area contributed by atoms with Crippen molar-refractivity contribution in [3.8, 4) is 17.2 Å². The van der Waals surface area contributed by atoms with Crippen LogP contribution in [0.1, 0.15) is 16.7 Å². The standard InChI is InChI=1S/C22H27F3N2O4/c1-14-8-16(9-15(2)21(14)31-13-22(23,24)25)11-27(3)12-20(28)26-18-10-17(29-4)6-7-19(18)30-5/h6-10H,11-13H2,1-5H3,(H,26,28). The van der Waals surface area contributed by atoms with E-state index in [1.165, 1.54) is 14.2 Å². The Hall–Kier alpha value is -2.94. The molecule has 0 fully saturated rings. The van der Waals surface area contributed by atoms with Crippen LogP contribution >= 0.6 is 0 Å². The molecule has 0 bridgehead atoms. The summed E-state index contributed by atoms with van der Waals surface area (Å²) in [7, 11) is 4.82. The molecule has 2 aromatic rings. The van der Waals surface area contributed by atoms with Gasteiger partial charge in [-0.25, -0.2) is 0 Å². The van der Waals surface area contributed by atoms with Gasteiger partial charge in [-0.3, -0.25) is 9.69 Å². The van der Waals surface area contributed by atoms with E-state index in [9.17, 15) is 18.0 Å². The lowest BCUT2D eigenvalue weighted by Gasteiger charge is -2.19. The molecule has 2 rings (SSSR count). The van der Waals surface area contributed by atoms with Crippen molar-refractivity contribution in [3.63, 3.8) is 0 Å². The fourth-order valence-corrected chi connectivity index (χ4v) is 3.23. The fraction of sp³-hybridized carbons (Fsp3) is 0.409. The molecular weight excluding hydrogens is 413 g/mol. The number of anilines is 1. The largest absolute Gasteiger partial charge is 0.497 e. The first-order valence-electron chi connectivity index (χ1n) is 9.52. The lowest BCUT2D eigenvalue weighted by atomic mass is 10.1. The highest BCUT2D eigenvalue weighted by molar-refractivity contribution is 5.94. The predicted octanol–water partition coefficient (Wildman–Crippen LogP) is 4.33. The Bertz CT molecular complexity index is 893. The van der Waals surface area contributed by atoms with Crippen LogP contribution in [-0.4, -0.2) is 51.4 Å². The molecule has 9 heteroatoms. The topological polar surface area (TPSA) is 60.0 Å². The summed E-state index contributed by atoms with van der Waals surface area (Å²) in [6.07, 6.45) is -4.39. The van der Waals surface area contributed by atoms with Crippen molar-refractivity contribution >= 4 is 11.6 Å². The fourth-order valence-electron chi connectivity index (χ4n) is 3.23. The Morgan fingerprint density at radius 1 is 1.06 bits per heavy atom. The molecule has 0 spiro atoms. The van der Waals surface area contributed by atoms with Gasteiger partial charge in [-0.1, -0.05) is 12.1 Å². The molecule has 0 heterocycles. The SMILES string of the molecule is COc1ccc(OC)c(NC(=O)CN(C)Cc2cc(C)c(OCC(F)(F)F)c(C)c2)c1. The summed E-state index contributed by atoms with van der Waals surface area (Å²) in [6.45, 7) is 2.60. The summed E-state index contributed by atoms with van der Waals surface area (Å²) in [4.78, 5) is 14.3. The van der Waals surface area contributed by atoms with E-state index in [1.807, 2.05) is 0 Å². The van der Waals surface area contributed by atoms with Crippen molar-refractivity contribution in [3.05, 3.63) is 47.0 Å². The number of nitrogens with one attached hydrogen (secondary N) is 1. The number of nitrogens with zero attached hydrogens (tertiary/aromatic N) is 1. The number of benzene rings is 2. The molecule has 0 aliphatic rings. The number of ether oxygens (including phenoxy) is 3. The van der Waals surface area contributed by atoms with Gasteiger partial charge in [-0.15, -0.1) is 0 Å². The summed E-state index contributed by atoms with van der Waals surface area (Å²) in [5.74, 6) is 1.08. The van der Waals surface area contributed by atoms with Crippen molar-refractivity contribution in [2.75, 3.05) is 39.7 Å². The number of carbonyl (C=O) groups excluding carboxylic acids is 1. The van der Waals surface area contributed by atoms with E-state index >= 15 is 0 Å². The molecule has 0 aromatic heterocycles. The van der Waals surface area contributed by atoms with E-state index in [1.54, 1.807) is 56.1 Å². The van der Waals surface area contributed by atoms with Crippen LogP contribution in [0.15, 0.2) is 30.3 Å². The maximum absolute atomic E-state index is 12.5. The molecular formula is C22H27F3N2O4. The number of hydrogen-bond donors (Lipinski definition) is 1. The average molecular weight is 440 g/mol. The first-order chi connectivity index (χ1) is 14.5. The normalized spacial score (nSPS) is 11.4. The van der Waals surface area contributed by atoms with Gasteiger partial charge in [0.25, 0.3) is 0 Å². The molecule has 0 aliphatic carbocycles. The molecule has 31 heavy (non-hydrogen) atoms. The van der Waals surface area contributed by atoms with Crippen LogP contribution in [0, 0.1) is 13.8 Å². The lowest BCUT2D eigenvalue weighted by Crippen LogP contribution is -2.30. The number of likely N-dealkylation sites (N-methyl/N-ethyl adjacent to an activating group) is 1. The van der Waals surface area contributed by atoms with Gasteiger partial charge < -0.3 is 19.5 Å². The second kappa shape index (κ2) is 10.4. The lowest BCUT2D eigenvalue weighted by molar-refractivity contribution is -0.153. The van der Waals surface area contributed by atoms with E-state index < -0.39 is 12.8 Å². The Balaban J connectivity index is 2.01. The molecule has 0 aliphatic heterocycles. The summed E-state index contributed by atoms with van der Waals surface area (Å²) in [5.41, 5.74) is 2.58. The average Bonchev–Trinajstić information content (AvgIpc) is 2.66. The third kappa shape index (κ3) is 7.36. The van der Waals surface area contributed by atoms with Crippen molar-refractivity contribution in [1.82, 2.24) is 4.90 Å². The van der Waals surface area contributed by atoms with Gasteiger partial charge in [-0.05, 0) is 49.7 Å². The maximum atomic E-state index is 12.5. The summed E-state index contributed by atoms with van der Waals surface area (Å²) in [6, 6.07) is 8.62. The monoisotopic (exact) mass is 440 g/mol. The minimum atomic E-state index is -4.39. The number of hydrogen-bond acceptors (Lipinski definition) is 5. The zero-order valence-corrected chi connectivity index (χ0v) is 18.2. The number of alkyl halides is 3. The molecule has 1 N–H and O–H groups in total. The summed E-state index contributed by atoms with van der Waals surface area (Å²) in [5, 5.41) is 2.80. The molecule has 0 unspecified atom stereocenters. The molecule has 170 valence electrons. The third-order valence-corrected chi connectivity index (χ3v) is 4.45. The molecule has 0 atom stereocenters. The molecule has 1 amide bonds. The summed E-state index contributed by atoms with van der Waals surface area (Å²) >= 11 is 0. The van der Waals surface area contributed by atoms with E-state index in [0.29, 0.717) is 34.9 Å². The minimum Gasteiger partial charge on any atom is -0.497 e. The van der Waals surface area contributed by atoms with Gasteiger partial charge in [-0.2, -0.15) is 13.2 Å². The first kappa shape index (κ1) is 24.3. The second-order valence-electron chi connectivity index (χ2n) is 7.25. The van der Waals surface area contributed by atoms with E-state index in [0.717, 1.165) is 5.56 Å². The zero-order chi connectivity index (χ0) is 23.2. The van der Waals surface area contributed by atoms with Crippen LogP contribution in [0.5, 0.6) is 17.2 Å². The van der Waals surface area contributed by atoms with Crippen molar-refractivity contribution in [2.24, 2.45) is 0 Å². The maximum Gasteiger partial charge on any atom is 0.422 e. The highest BCUT2D eigenvalue weighted by atomic mass is 19.4. The number of amides is 1. The number of rotatable bonds is 9. The Morgan fingerprint density at radius 3 is 2.26 bits per heavy atom. The van der Waals surface area contributed by atoms with Gasteiger partial charge in [0.15, 0.2) is 6.61 Å². The number of methoxy groups -OCH3 is 2. The first-order valence-corrected chi connectivity index (χ1v) is 9.52. The van der Waals surface area contributed by atoms with Crippen LogP contribution in [-0.2, 0) is 11.3 Å². The van der Waals surface area contributed by atoms with Crippen LogP contribution in [0.2, 0.25) is 0 Å². The number of carbonyl (C=O) groups is 1. The van der Waals surface area contributed by atoms with Gasteiger partial charge in [0.2, 0.25) is 5.91 Å². The van der Waals surface area contributed by atoms with Crippen molar-refractivity contribution in [1.29, 1.82) is 0 Å². The Kier molecular flexibility index (Phi) is 8.15. The Labute approximate surface area is 179 Å². The number of aryl methyl sites for hydroxylation is 2. The summed E-state index contributed by atoms with van der Waals surface area (Å²) < 4.78 is 52.7. The number of halogens is 3. The molecule has 0 radical (unpaired) electrons. The molecule has 0 saturated carbocycles.